The average molecular weight is 333 g/mol. The van der Waals surface area contributed by atoms with Crippen LogP contribution in [-0.4, -0.2) is 27.5 Å². The van der Waals surface area contributed by atoms with Crippen LogP contribution < -0.4 is 5.32 Å². The van der Waals surface area contributed by atoms with E-state index in [9.17, 15) is 18.4 Å². The number of carbonyl (C=O) groups is 2. The predicted molar refractivity (Wildman–Crippen MR) is 65.9 cm³/mol. The van der Waals surface area contributed by atoms with Crippen molar-refractivity contribution in [3.63, 3.8) is 0 Å². The molecule has 2 N–H and O–H groups in total. The third-order valence-corrected chi connectivity index (χ3v) is 3.46. The minimum atomic E-state index is -4.08. The number of nitrogens with zero attached hydrogens (tertiary/aromatic N) is 1. The number of halogens is 4. The molecule has 0 aliphatic rings. The lowest BCUT2D eigenvalue weighted by Crippen LogP contribution is -2.54. The van der Waals surface area contributed by atoms with Crippen LogP contribution in [-0.2, 0) is 15.5 Å². The number of carbonyl (C=O) groups excluding carboxylic acids is 1. The summed E-state index contributed by atoms with van der Waals surface area (Å²) in [5.41, 5.74) is -2.85. The number of hydrogen-bond acceptors (Lipinski definition) is 4. The number of aromatic nitrogens is 1. The number of amides is 1. The van der Waals surface area contributed by atoms with Crippen LogP contribution in [0.15, 0.2) is 0 Å². The molecule has 0 saturated heterocycles. The van der Waals surface area contributed by atoms with Gasteiger partial charge in [0.05, 0.1) is 0 Å². The summed E-state index contributed by atoms with van der Waals surface area (Å²) in [4.78, 5) is 25.5. The van der Waals surface area contributed by atoms with Gasteiger partial charge in [-0.25, -0.2) is 9.78 Å². The molecule has 1 amide bonds. The minimum Gasteiger partial charge on any atom is -0.480 e. The van der Waals surface area contributed by atoms with Crippen molar-refractivity contribution in [1.29, 1.82) is 0 Å². The van der Waals surface area contributed by atoms with E-state index in [-0.39, 0.29) is 4.47 Å². The van der Waals surface area contributed by atoms with Gasteiger partial charge in [0.2, 0.25) is 0 Å². The van der Waals surface area contributed by atoms with E-state index in [1.807, 2.05) is 0 Å². The summed E-state index contributed by atoms with van der Waals surface area (Å²) in [5.74, 6) is -7.35. The lowest BCUT2D eigenvalue weighted by Gasteiger charge is -2.24. The van der Waals surface area contributed by atoms with Crippen molar-refractivity contribution in [3.05, 3.63) is 14.5 Å². The monoisotopic (exact) mass is 332 g/mol. The fourth-order valence-corrected chi connectivity index (χ4v) is 2.36. The number of carboxylic acids is 1. The zero-order chi connectivity index (χ0) is 15.0. The summed E-state index contributed by atoms with van der Waals surface area (Å²) in [6.07, 6.45) is 0. The van der Waals surface area contributed by atoms with Gasteiger partial charge < -0.3 is 10.4 Å². The number of aliphatic carboxylic acids is 1. The Bertz CT molecular complexity index is 534. The molecule has 0 unspecified atom stereocenters. The largest absolute Gasteiger partial charge is 0.480 e. The molecule has 106 valence electrons. The average Bonchev–Trinajstić information content (AvgIpc) is 2.57. The highest BCUT2D eigenvalue weighted by Crippen LogP contribution is 2.38. The molecule has 1 aromatic rings. The Morgan fingerprint density at radius 2 is 1.89 bits per heavy atom. The molecule has 5 nitrogen and oxygen atoms in total. The summed E-state index contributed by atoms with van der Waals surface area (Å²) < 4.78 is 26.9. The van der Waals surface area contributed by atoms with Gasteiger partial charge in [0, 0.05) is 0 Å². The molecule has 1 rings (SSSR count). The predicted octanol–water partition coefficient (Wildman–Crippen LogP) is 2.52. The van der Waals surface area contributed by atoms with Crippen molar-refractivity contribution in [2.75, 3.05) is 0 Å². The molecule has 0 saturated carbocycles. The van der Waals surface area contributed by atoms with Crippen LogP contribution in [0.3, 0.4) is 0 Å². The third-order valence-electron chi connectivity index (χ3n) is 2.10. The minimum absolute atomic E-state index is 0.245. The fourth-order valence-electron chi connectivity index (χ4n) is 0.994. The van der Waals surface area contributed by atoms with E-state index in [0.29, 0.717) is 11.3 Å². The molecule has 19 heavy (non-hydrogen) atoms. The van der Waals surface area contributed by atoms with Crippen LogP contribution in [0.1, 0.15) is 19.5 Å². The molecule has 0 radical (unpaired) electrons. The zero-order valence-electron chi connectivity index (χ0n) is 9.63. The molecule has 10 heteroatoms. The Morgan fingerprint density at radius 1 is 1.37 bits per heavy atom. The fraction of sp³-hybridized carbons (Fsp3) is 0.444. The normalized spacial score (nSPS) is 12.3. The van der Waals surface area contributed by atoms with Crippen molar-refractivity contribution >= 4 is 46.4 Å². The number of rotatable bonds is 4. The first kappa shape index (κ1) is 16.1. The Labute approximate surface area is 120 Å². The number of nitrogens with one attached hydrogen (secondary N) is 1. The van der Waals surface area contributed by atoms with Gasteiger partial charge in [0.15, 0.2) is 10.2 Å². The van der Waals surface area contributed by atoms with Gasteiger partial charge in [-0.05, 0) is 13.8 Å². The van der Waals surface area contributed by atoms with E-state index in [1.165, 1.54) is 0 Å². The molecular weight excluding hydrogens is 325 g/mol. The number of thiazole rings is 1. The molecule has 1 aromatic heterocycles. The topological polar surface area (TPSA) is 79.3 Å². The molecule has 0 aliphatic carbocycles. The summed E-state index contributed by atoms with van der Waals surface area (Å²) in [6.45, 7) is 2.14. The second-order valence-electron chi connectivity index (χ2n) is 4.05. The first-order valence-corrected chi connectivity index (χ1v) is 6.32. The first-order valence-electron chi connectivity index (χ1n) is 4.74. The summed E-state index contributed by atoms with van der Waals surface area (Å²) in [6, 6.07) is 0. The van der Waals surface area contributed by atoms with Gasteiger partial charge in [-0.3, -0.25) is 4.79 Å². The van der Waals surface area contributed by atoms with Gasteiger partial charge in [-0.2, -0.15) is 8.78 Å². The maximum atomic E-state index is 13.8. The summed E-state index contributed by atoms with van der Waals surface area (Å²) >= 11 is 11.5. The van der Waals surface area contributed by atoms with Crippen molar-refractivity contribution in [2.24, 2.45) is 0 Å². The van der Waals surface area contributed by atoms with E-state index in [1.54, 1.807) is 5.32 Å². The summed E-state index contributed by atoms with van der Waals surface area (Å²) in [7, 11) is 0. The van der Waals surface area contributed by atoms with Gasteiger partial charge in [-0.1, -0.05) is 34.5 Å². The Kier molecular flexibility index (Phi) is 4.38. The highest BCUT2D eigenvalue weighted by atomic mass is 35.5. The van der Waals surface area contributed by atoms with Crippen LogP contribution >= 0.6 is 34.5 Å². The van der Waals surface area contributed by atoms with E-state index in [0.717, 1.165) is 13.8 Å². The molecule has 1 heterocycles. The van der Waals surface area contributed by atoms with Crippen LogP contribution in [0.5, 0.6) is 0 Å². The zero-order valence-corrected chi connectivity index (χ0v) is 12.0. The quantitative estimate of drug-likeness (QED) is 0.887. The summed E-state index contributed by atoms with van der Waals surface area (Å²) in [5, 5.41) is 10.5. The first-order chi connectivity index (χ1) is 8.48. The van der Waals surface area contributed by atoms with Crippen LogP contribution in [0, 0.1) is 0 Å². The van der Waals surface area contributed by atoms with Crippen LogP contribution in [0.4, 0.5) is 8.78 Å². The second-order valence-corrected chi connectivity index (χ2v) is 6.23. The number of hydrogen-bond donors (Lipinski definition) is 2. The van der Waals surface area contributed by atoms with Crippen molar-refractivity contribution in [3.8, 4) is 0 Å². The van der Waals surface area contributed by atoms with E-state index >= 15 is 0 Å². The lowest BCUT2D eigenvalue weighted by atomic mass is 10.1. The lowest BCUT2D eigenvalue weighted by molar-refractivity contribution is -0.155. The molecule has 0 aliphatic heterocycles. The molecule has 0 atom stereocenters. The van der Waals surface area contributed by atoms with Crippen molar-refractivity contribution < 1.29 is 23.5 Å². The molecular formula is C9H8Cl2F2N2O3S. The second kappa shape index (κ2) is 5.18. The Morgan fingerprint density at radius 3 is 2.26 bits per heavy atom. The third kappa shape index (κ3) is 3.31. The smallest absolute Gasteiger partial charge is 0.368 e. The van der Waals surface area contributed by atoms with Crippen LogP contribution in [0.25, 0.3) is 0 Å². The maximum Gasteiger partial charge on any atom is 0.368 e. The van der Waals surface area contributed by atoms with Gasteiger partial charge in [0.25, 0.3) is 5.91 Å². The molecule has 0 fully saturated rings. The van der Waals surface area contributed by atoms with Crippen molar-refractivity contribution in [2.45, 2.75) is 25.3 Å². The van der Waals surface area contributed by atoms with E-state index in [2.05, 4.69) is 4.98 Å². The van der Waals surface area contributed by atoms with E-state index < -0.39 is 33.4 Å². The molecule has 0 spiro atoms. The maximum absolute atomic E-state index is 13.8. The van der Waals surface area contributed by atoms with Crippen LogP contribution in [0.2, 0.25) is 8.80 Å². The Balaban J connectivity index is 3.04. The molecule has 0 aromatic carbocycles. The Hall–Kier alpha value is -0.990. The van der Waals surface area contributed by atoms with Gasteiger partial charge in [0.1, 0.15) is 9.88 Å². The number of carboxylic acid groups (broad SMARTS) is 1. The number of alkyl halides is 2. The molecule has 0 bridgehead atoms. The van der Waals surface area contributed by atoms with Gasteiger partial charge >= 0.3 is 11.9 Å². The van der Waals surface area contributed by atoms with E-state index in [4.69, 9.17) is 28.3 Å². The highest BCUT2D eigenvalue weighted by molar-refractivity contribution is 7.19. The van der Waals surface area contributed by atoms with Gasteiger partial charge in [-0.15, -0.1) is 0 Å². The standard InChI is InChI=1S/C9H8Cl2F2N2O3S/c1-8(2,6(17)18)15-5(16)9(12,13)3-4(10)19-7(11)14-3/h1-2H3,(H,15,16)(H,17,18). The SMILES string of the molecule is CC(C)(NC(=O)C(F)(F)c1nc(Cl)sc1Cl)C(=O)O. The van der Waals surface area contributed by atoms with Crippen molar-refractivity contribution in [1.82, 2.24) is 10.3 Å². The highest BCUT2D eigenvalue weighted by Gasteiger charge is 2.48.